The molecule has 0 saturated carbocycles. The van der Waals surface area contributed by atoms with Crippen molar-refractivity contribution in [1.29, 1.82) is 0 Å². The summed E-state index contributed by atoms with van der Waals surface area (Å²) in [6.45, 7) is 10.4. The standard InChI is InChI=1S/C27H31N3O6S/c1-27(2,3)22-16-20(24(37-22)26(32)33)28-25(31)23(29-34)19-8-9-21(18-7-5-4-6-17(18)19)36-15-12-30-10-13-35-14-11-30/h4-9,16,34H,10-15H2,1-3H3,(H,28,31)(H,32,33)/b29-23-. The monoisotopic (exact) mass is 525 g/mol. The molecule has 1 amide bonds. The Bertz CT molecular complexity index is 1320. The van der Waals surface area contributed by atoms with Gasteiger partial charge in [-0.2, -0.15) is 0 Å². The van der Waals surface area contributed by atoms with Crippen LogP contribution in [-0.2, 0) is 14.9 Å². The van der Waals surface area contributed by atoms with Crippen LogP contribution in [-0.4, -0.2) is 72.3 Å². The fourth-order valence-corrected chi connectivity index (χ4v) is 5.14. The second-order valence-corrected chi connectivity index (χ2v) is 10.8. The fraction of sp³-hybridized carbons (Fsp3) is 0.370. The third-order valence-electron chi connectivity index (χ3n) is 6.14. The SMILES string of the molecule is CC(C)(C)c1cc(NC(=O)/C(=N\O)c2ccc(OCCN3CCOCC3)c3ccccc23)c(C(=O)O)s1. The largest absolute Gasteiger partial charge is 0.492 e. The first-order valence-corrected chi connectivity index (χ1v) is 12.9. The van der Waals surface area contributed by atoms with E-state index in [9.17, 15) is 19.9 Å². The van der Waals surface area contributed by atoms with Gasteiger partial charge in [-0.25, -0.2) is 4.79 Å². The molecule has 3 N–H and O–H groups in total. The number of morpholine rings is 1. The van der Waals surface area contributed by atoms with Crippen LogP contribution in [0.2, 0.25) is 0 Å². The lowest BCUT2D eigenvalue weighted by molar-refractivity contribution is -0.110. The highest BCUT2D eigenvalue weighted by atomic mass is 32.1. The highest BCUT2D eigenvalue weighted by Crippen LogP contribution is 2.36. The number of amides is 1. The van der Waals surface area contributed by atoms with Gasteiger partial charge < -0.3 is 25.1 Å². The van der Waals surface area contributed by atoms with E-state index in [1.165, 1.54) is 0 Å². The predicted octanol–water partition coefficient (Wildman–Crippen LogP) is 4.43. The maximum absolute atomic E-state index is 13.2. The Labute approximate surface area is 219 Å². The van der Waals surface area contributed by atoms with Crippen molar-refractivity contribution in [2.45, 2.75) is 26.2 Å². The third-order valence-corrected chi connectivity index (χ3v) is 7.69. The molecule has 2 aromatic carbocycles. The molecule has 0 aliphatic carbocycles. The first-order chi connectivity index (χ1) is 17.7. The first-order valence-electron chi connectivity index (χ1n) is 12.0. The minimum atomic E-state index is -1.14. The molecule has 1 aliphatic rings. The van der Waals surface area contributed by atoms with Gasteiger partial charge in [0.05, 0.1) is 18.9 Å². The molecule has 9 nitrogen and oxygen atoms in total. The Morgan fingerprint density at radius 1 is 1.14 bits per heavy atom. The molecule has 3 aromatic rings. The Kier molecular flexibility index (Phi) is 8.11. The second kappa shape index (κ2) is 11.3. The van der Waals surface area contributed by atoms with E-state index in [-0.39, 0.29) is 21.7 Å². The minimum absolute atomic E-state index is 0.0180. The van der Waals surface area contributed by atoms with Crippen molar-refractivity contribution in [2.24, 2.45) is 5.16 Å². The van der Waals surface area contributed by atoms with Crippen LogP contribution in [0.1, 0.15) is 40.9 Å². The van der Waals surface area contributed by atoms with Crippen LogP contribution in [0.3, 0.4) is 0 Å². The number of anilines is 1. The lowest BCUT2D eigenvalue weighted by Gasteiger charge is -2.26. The van der Waals surface area contributed by atoms with Gasteiger partial charge in [-0.1, -0.05) is 50.2 Å². The van der Waals surface area contributed by atoms with Gasteiger partial charge in [-0.05, 0) is 29.0 Å². The Morgan fingerprint density at radius 2 is 1.84 bits per heavy atom. The summed E-state index contributed by atoms with van der Waals surface area (Å²) in [4.78, 5) is 28.1. The van der Waals surface area contributed by atoms with Gasteiger partial charge in [-0.15, -0.1) is 11.3 Å². The normalized spacial score (nSPS) is 15.1. The molecule has 4 rings (SSSR count). The van der Waals surface area contributed by atoms with Crippen molar-refractivity contribution in [2.75, 3.05) is 44.8 Å². The lowest BCUT2D eigenvalue weighted by atomic mass is 9.94. The zero-order valence-corrected chi connectivity index (χ0v) is 21.9. The molecule has 0 spiro atoms. The molecule has 0 unspecified atom stereocenters. The van der Waals surface area contributed by atoms with Crippen molar-refractivity contribution in [3.8, 4) is 5.75 Å². The van der Waals surface area contributed by atoms with Crippen LogP contribution in [0.25, 0.3) is 10.8 Å². The minimum Gasteiger partial charge on any atom is -0.492 e. The predicted molar refractivity (Wildman–Crippen MR) is 144 cm³/mol. The number of carbonyl (C=O) groups is 2. The summed E-state index contributed by atoms with van der Waals surface area (Å²) in [5.41, 5.74) is 0.0515. The number of aromatic carboxylic acids is 1. The highest BCUT2D eigenvalue weighted by Gasteiger charge is 2.26. The van der Waals surface area contributed by atoms with Crippen LogP contribution >= 0.6 is 11.3 Å². The smallest absolute Gasteiger partial charge is 0.348 e. The van der Waals surface area contributed by atoms with E-state index in [0.717, 1.165) is 54.4 Å². The van der Waals surface area contributed by atoms with E-state index in [1.54, 1.807) is 18.2 Å². The van der Waals surface area contributed by atoms with Gasteiger partial charge >= 0.3 is 5.97 Å². The van der Waals surface area contributed by atoms with Gasteiger partial charge in [0.15, 0.2) is 5.71 Å². The molecular weight excluding hydrogens is 494 g/mol. The third kappa shape index (κ3) is 6.10. The summed E-state index contributed by atoms with van der Waals surface area (Å²) < 4.78 is 11.5. The van der Waals surface area contributed by atoms with Crippen LogP contribution in [0.5, 0.6) is 5.75 Å². The summed E-state index contributed by atoms with van der Waals surface area (Å²) in [6, 6.07) is 12.5. The topological polar surface area (TPSA) is 121 Å². The molecule has 1 saturated heterocycles. The fourth-order valence-electron chi connectivity index (χ4n) is 4.13. The number of carboxylic acid groups (broad SMARTS) is 1. The summed E-state index contributed by atoms with van der Waals surface area (Å²) in [7, 11) is 0. The van der Waals surface area contributed by atoms with Crippen molar-refractivity contribution < 1.29 is 29.4 Å². The Hall–Kier alpha value is -3.47. The Balaban J connectivity index is 1.58. The van der Waals surface area contributed by atoms with Gasteiger partial charge in [-0.3, -0.25) is 9.69 Å². The maximum Gasteiger partial charge on any atom is 0.348 e. The maximum atomic E-state index is 13.2. The van der Waals surface area contributed by atoms with Gasteiger partial charge in [0.1, 0.15) is 17.2 Å². The molecule has 37 heavy (non-hydrogen) atoms. The van der Waals surface area contributed by atoms with Crippen molar-refractivity contribution in [1.82, 2.24) is 4.90 Å². The number of nitrogens with zero attached hydrogens (tertiary/aromatic N) is 2. The average molecular weight is 526 g/mol. The van der Waals surface area contributed by atoms with Crippen LogP contribution in [0.15, 0.2) is 47.6 Å². The van der Waals surface area contributed by atoms with Crippen LogP contribution < -0.4 is 10.1 Å². The molecule has 0 atom stereocenters. The number of fused-ring (bicyclic) bond motifs is 1. The van der Waals surface area contributed by atoms with E-state index >= 15 is 0 Å². The van der Waals surface area contributed by atoms with E-state index in [2.05, 4.69) is 15.4 Å². The summed E-state index contributed by atoms with van der Waals surface area (Å²) >= 11 is 1.11. The number of carboxylic acids is 1. The number of rotatable bonds is 8. The van der Waals surface area contributed by atoms with E-state index in [4.69, 9.17) is 9.47 Å². The number of hydrogen-bond donors (Lipinski definition) is 3. The zero-order chi connectivity index (χ0) is 26.6. The number of oxime groups is 1. The van der Waals surface area contributed by atoms with Crippen molar-refractivity contribution >= 4 is 45.4 Å². The van der Waals surface area contributed by atoms with E-state index in [1.807, 2.05) is 45.0 Å². The van der Waals surface area contributed by atoms with Crippen molar-refractivity contribution in [3.63, 3.8) is 0 Å². The molecule has 10 heteroatoms. The van der Waals surface area contributed by atoms with E-state index < -0.39 is 11.9 Å². The number of benzene rings is 2. The zero-order valence-electron chi connectivity index (χ0n) is 21.1. The highest BCUT2D eigenvalue weighted by molar-refractivity contribution is 7.14. The molecule has 196 valence electrons. The number of hydrogen-bond acceptors (Lipinski definition) is 8. The number of carbonyl (C=O) groups excluding carboxylic acids is 1. The van der Waals surface area contributed by atoms with Gasteiger partial charge in [0, 0.05) is 35.5 Å². The summed E-state index contributed by atoms with van der Waals surface area (Å²) in [6.07, 6.45) is 0. The second-order valence-electron chi connectivity index (χ2n) is 9.77. The van der Waals surface area contributed by atoms with Gasteiger partial charge in [0.2, 0.25) is 0 Å². The molecule has 2 heterocycles. The molecular formula is C27H31N3O6S. The first kappa shape index (κ1) is 26.6. The molecule has 0 bridgehead atoms. The van der Waals surface area contributed by atoms with Crippen LogP contribution in [0, 0.1) is 0 Å². The average Bonchev–Trinajstić information content (AvgIpc) is 3.31. The molecule has 0 radical (unpaired) electrons. The quantitative estimate of drug-likeness (QED) is 0.226. The van der Waals surface area contributed by atoms with Gasteiger partial charge in [0.25, 0.3) is 5.91 Å². The molecule has 1 aliphatic heterocycles. The molecule has 1 aromatic heterocycles. The molecule has 1 fully saturated rings. The summed E-state index contributed by atoms with van der Waals surface area (Å²) in [5, 5.41) is 26.8. The summed E-state index contributed by atoms with van der Waals surface area (Å²) in [5.74, 6) is -1.19. The van der Waals surface area contributed by atoms with Crippen molar-refractivity contribution in [3.05, 3.63) is 57.8 Å². The lowest BCUT2D eigenvalue weighted by Crippen LogP contribution is -2.38. The number of thiophene rings is 1. The number of ether oxygens (including phenoxy) is 2. The van der Waals surface area contributed by atoms with Crippen LogP contribution in [0.4, 0.5) is 5.69 Å². The Morgan fingerprint density at radius 3 is 2.49 bits per heavy atom. The number of nitrogens with one attached hydrogen (secondary N) is 1. The van der Waals surface area contributed by atoms with E-state index in [0.29, 0.717) is 23.3 Å².